The van der Waals surface area contributed by atoms with E-state index >= 15 is 0 Å². The van der Waals surface area contributed by atoms with Crippen LogP contribution in [0.15, 0.2) is 59.1 Å². The Hall–Kier alpha value is -4.20. The fraction of sp³-hybridized carbons (Fsp3) is 0.487. The maximum Gasteiger partial charge on any atom is 0.319 e. The van der Waals surface area contributed by atoms with Gasteiger partial charge >= 0.3 is 6.01 Å². The monoisotopic (exact) mass is 763 g/mol. The minimum Gasteiger partial charge on any atom is -0.490 e. The number of anilines is 1. The molecule has 3 heterocycles. The zero-order chi connectivity index (χ0) is 37.3. The lowest BCUT2D eigenvalue weighted by atomic mass is 9.68. The van der Waals surface area contributed by atoms with Gasteiger partial charge in [0.25, 0.3) is 11.8 Å². The van der Waals surface area contributed by atoms with Crippen LogP contribution in [0.5, 0.6) is 17.6 Å². The third kappa shape index (κ3) is 7.61. The summed E-state index contributed by atoms with van der Waals surface area (Å²) in [4.78, 5) is 38.1. The molecule has 3 aromatic rings. The van der Waals surface area contributed by atoms with Crippen LogP contribution >= 0.6 is 11.6 Å². The van der Waals surface area contributed by atoms with Crippen LogP contribution in [0.4, 0.5) is 5.69 Å². The van der Waals surface area contributed by atoms with Crippen LogP contribution in [0.2, 0.25) is 5.02 Å². The Morgan fingerprint density at radius 3 is 2.74 bits per heavy atom. The zero-order valence-electron chi connectivity index (χ0n) is 30.5. The highest BCUT2D eigenvalue weighted by atomic mass is 35.5. The summed E-state index contributed by atoms with van der Waals surface area (Å²) in [6, 6.07) is 11.4. The Balaban J connectivity index is 1.30. The predicted molar refractivity (Wildman–Crippen MR) is 203 cm³/mol. The maximum atomic E-state index is 14.6. The van der Waals surface area contributed by atoms with E-state index in [1.165, 1.54) is 31.5 Å². The SMILES string of the molecule is COc1ncc(C(=O)NS2(=O)=NC(=O)c3ccc4c(c3)N(C[C@@H]3CC[C@H]3[C@@H](OC)/C=C/C[C@H](C)C2)C[C@@]2(CCCc3cc(Cl)ccc32)CO4)c(OC)n1. The molecule has 0 radical (unpaired) electrons. The lowest BCUT2D eigenvalue weighted by molar-refractivity contribution is 0.0131. The Morgan fingerprint density at radius 2 is 1.98 bits per heavy atom. The van der Waals surface area contributed by atoms with Crippen molar-refractivity contribution >= 4 is 39.0 Å². The summed E-state index contributed by atoms with van der Waals surface area (Å²) < 4.78 is 44.5. The summed E-state index contributed by atoms with van der Waals surface area (Å²) in [6.07, 6.45) is 10.9. The maximum absolute atomic E-state index is 14.6. The number of halogens is 1. The third-order valence-electron chi connectivity index (χ3n) is 11.1. The van der Waals surface area contributed by atoms with Crippen molar-refractivity contribution in [2.75, 3.05) is 51.7 Å². The first-order valence-electron chi connectivity index (χ1n) is 18.1. The average Bonchev–Trinajstić information content (AvgIpc) is 3.28. The smallest absolute Gasteiger partial charge is 0.319 e. The molecule has 4 aliphatic rings. The Kier molecular flexibility index (Phi) is 10.7. The van der Waals surface area contributed by atoms with Crippen LogP contribution in [0.25, 0.3) is 0 Å². The van der Waals surface area contributed by atoms with Crippen molar-refractivity contribution in [2.45, 2.75) is 57.0 Å². The van der Waals surface area contributed by atoms with E-state index < -0.39 is 21.7 Å². The van der Waals surface area contributed by atoms with Gasteiger partial charge in [0, 0.05) is 36.2 Å². The van der Waals surface area contributed by atoms with Gasteiger partial charge in [-0.05, 0) is 97.7 Å². The van der Waals surface area contributed by atoms with E-state index in [0.717, 1.165) is 49.4 Å². The molecule has 1 fully saturated rings. The molecular formula is C39H46ClN5O7S. The molecule has 1 aromatic heterocycles. The highest BCUT2D eigenvalue weighted by molar-refractivity contribution is 7.92. The van der Waals surface area contributed by atoms with Gasteiger partial charge in [0.1, 0.15) is 21.2 Å². The number of aryl methyl sites for hydroxylation is 1. The molecule has 282 valence electrons. The number of nitrogens with zero attached hydrogens (tertiary/aromatic N) is 4. The van der Waals surface area contributed by atoms with E-state index in [0.29, 0.717) is 37.2 Å². The molecule has 1 spiro atoms. The minimum atomic E-state index is -3.67. The van der Waals surface area contributed by atoms with E-state index in [2.05, 4.69) is 42.2 Å². The van der Waals surface area contributed by atoms with Gasteiger partial charge in [-0.3, -0.25) is 14.3 Å². The van der Waals surface area contributed by atoms with Crippen molar-refractivity contribution in [3.8, 4) is 17.6 Å². The topological polar surface area (TPSA) is 142 Å². The summed E-state index contributed by atoms with van der Waals surface area (Å²) in [5.74, 6) is -0.512. The van der Waals surface area contributed by atoms with Gasteiger partial charge in [0.15, 0.2) is 0 Å². The van der Waals surface area contributed by atoms with Gasteiger partial charge in [-0.1, -0.05) is 36.7 Å². The predicted octanol–water partition coefficient (Wildman–Crippen LogP) is 6.21. The van der Waals surface area contributed by atoms with Crippen molar-refractivity contribution in [1.82, 2.24) is 14.7 Å². The molecule has 0 saturated heterocycles. The average molecular weight is 764 g/mol. The normalized spacial score (nSPS) is 28.9. The number of carbonyl (C=O) groups is 2. The van der Waals surface area contributed by atoms with E-state index in [4.69, 9.17) is 30.5 Å². The molecule has 2 aliphatic carbocycles. The number of rotatable bonds is 5. The number of aromatic nitrogens is 2. The number of hydrogen-bond acceptors (Lipinski definition) is 10. The van der Waals surface area contributed by atoms with Crippen molar-refractivity contribution < 1.29 is 32.7 Å². The number of nitrogens with one attached hydrogen (secondary N) is 1. The quantitative estimate of drug-likeness (QED) is 0.298. The number of carbonyl (C=O) groups excluding carboxylic acids is 2. The van der Waals surface area contributed by atoms with Gasteiger partial charge in [0.2, 0.25) is 5.88 Å². The second kappa shape index (κ2) is 15.3. The number of fused-ring (bicyclic) bond motifs is 4. The lowest BCUT2D eigenvalue weighted by Crippen LogP contribution is -2.49. The number of hydrogen-bond donors (Lipinski definition) is 1. The fourth-order valence-electron chi connectivity index (χ4n) is 8.33. The molecular weight excluding hydrogens is 718 g/mol. The molecule has 1 saturated carbocycles. The summed E-state index contributed by atoms with van der Waals surface area (Å²) in [6.45, 7) is 3.84. The molecule has 2 amide bonds. The highest BCUT2D eigenvalue weighted by Crippen LogP contribution is 2.47. The second-order valence-electron chi connectivity index (χ2n) is 14.7. The Bertz CT molecular complexity index is 2050. The summed E-state index contributed by atoms with van der Waals surface area (Å²) in [5.41, 5.74) is 3.18. The first-order chi connectivity index (χ1) is 25.5. The molecule has 53 heavy (non-hydrogen) atoms. The van der Waals surface area contributed by atoms with Gasteiger partial charge in [-0.2, -0.15) is 4.98 Å². The van der Waals surface area contributed by atoms with Crippen molar-refractivity contribution in [3.63, 3.8) is 0 Å². The van der Waals surface area contributed by atoms with Crippen molar-refractivity contribution in [2.24, 2.45) is 22.1 Å². The molecule has 14 heteroatoms. The number of methoxy groups -OCH3 is 3. The van der Waals surface area contributed by atoms with Crippen LogP contribution in [-0.4, -0.2) is 78.9 Å². The fourth-order valence-corrected chi connectivity index (χ4v) is 10.4. The van der Waals surface area contributed by atoms with Crippen LogP contribution in [0.1, 0.15) is 70.9 Å². The van der Waals surface area contributed by atoms with Gasteiger partial charge < -0.3 is 23.8 Å². The van der Waals surface area contributed by atoms with Gasteiger partial charge in [-0.15, -0.1) is 4.36 Å². The summed E-state index contributed by atoms with van der Waals surface area (Å²) in [5, 5.41) is 0.727. The summed E-state index contributed by atoms with van der Waals surface area (Å²) in [7, 11) is 0.817. The van der Waals surface area contributed by atoms with Gasteiger partial charge in [0.05, 0.1) is 44.6 Å². The molecule has 6 atom stereocenters. The van der Waals surface area contributed by atoms with E-state index in [9.17, 15) is 13.8 Å². The molecule has 2 aromatic carbocycles. The largest absolute Gasteiger partial charge is 0.490 e. The molecule has 2 bridgehead atoms. The number of allylic oxidation sites excluding steroid dienone is 1. The Labute approximate surface area is 315 Å². The van der Waals surface area contributed by atoms with E-state index in [1.54, 1.807) is 25.3 Å². The van der Waals surface area contributed by atoms with Crippen molar-refractivity contribution in [1.29, 1.82) is 0 Å². The highest BCUT2D eigenvalue weighted by Gasteiger charge is 2.44. The summed E-state index contributed by atoms with van der Waals surface area (Å²) >= 11 is 6.46. The number of amides is 2. The first-order valence-corrected chi connectivity index (χ1v) is 20.2. The van der Waals surface area contributed by atoms with Gasteiger partial charge in [-0.25, -0.2) is 9.19 Å². The van der Waals surface area contributed by atoms with Crippen LogP contribution < -0.4 is 23.8 Å². The number of ether oxygens (including phenoxy) is 4. The van der Waals surface area contributed by atoms with Crippen molar-refractivity contribution in [3.05, 3.63) is 82.0 Å². The molecule has 7 rings (SSSR count). The molecule has 12 nitrogen and oxygen atoms in total. The lowest BCUT2D eigenvalue weighted by Gasteiger charge is -2.46. The minimum absolute atomic E-state index is 0.000557. The molecule has 1 unspecified atom stereocenters. The number of benzene rings is 2. The zero-order valence-corrected chi connectivity index (χ0v) is 32.1. The van der Waals surface area contributed by atoms with E-state index in [1.807, 2.05) is 19.1 Å². The third-order valence-corrected chi connectivity index (χ3v) is 13.3. The first kappa shape index (κ1) is 37.1. The Morgan fingerprint density at radius 1 is 1.13 bits per heavy atom. The van der Waals surface area contributed by atoms with Crippen LogP contribution in [-0.2, 0) is 26.5 Å². The standard InChI is InChI=1S/C39H46ClN5O7S/c1-24-7-5-9-33(49-2)29-13-10-27(29)20-45-22-39(16-6-8-25-17-28(40)12-14-31(25)39)23-52-34-15-11-26(18-32(34)45)35(46)43-53(48,21-24)44-36(47)30-19-41-38(51-4)42-37(30)50-3/h5,9,11-12,14-15,17-19,24,27,29,33H,6-8,10,13,16,20-23H2,1-4H3,(H,43,44,46,47,48)/b9-5+/t24-,27-,29+,33-,39-,53?/m0/s1. The molecule has 1 N–H and O–H groups in total. The second-order valence-corrected chi connectivity index (χ2v) is 17.1. The van der Waals surface area contributed by atoms with Crippen LogP contribution in [0, 0.1) is 17.8 Å². The van der Waals surface area contributed by atoms with Crippen LogP contribution in [0.3, 0.4) is 0 Å². The molecule has 2 aliphatic heterocycles. The van der Waals surface area contributed by atoms with E-state index in [-0.39, 0.29) is 46.2 Å².